The monoisotopic (exact) mass is 325 g/mol. The fourth-order valence-corrected chi connectivity index (χ4v) is 2.40. The summed E-state index contributed by atoms with van der Waals surface area (Å²) in [6.07, 6.45) is 5.55. The number of aliphatic imine (C=N–C) groups is 1. The van der Waals surface area contributed by atoms with Gasteiger partial charge in [0.05, 0.1) is 5.52 Å². The van der Waals surface area contributed by atoms with Crippen LogP contribution in [0.4, 0.5) is 11.5 Å². The van der Waals surface area contributed by atoms with E-state index in [0.717, 1.165) is 11.9 Å². The Morgan fingerprint density at radius 2 is 2.21 bits per heavy atom. The Bertz CT molecular complexity index is 876. The molecule has 0 saturated carbocycles. The second-order valence-corrected chi connectivity index (χ2v) is 5.46. The molecule has 0 amide bonds. The van der Waals surface area contributed by atoms with E-state index in [0.29, 0.717) is 30.3 Å². The van der Waals surface area contributed by atoms with Crippen molar-refractivity contribution < 1.29 is 9.90 Å². The van der Waals surface area contributed by atoms with Gasteiger partial charge in [0.2, 0.25) is 0 Å². The molecule has 24 heavy (non-hydrogen) atoms. The van der Waals surface area contributed by atoms with Gasteiger partial charge in [-0.25, -0.2) is 9.51 Å². The summed E-state index contributed by atoms with van der Waals surface area (Å²) in [5, 5.41) is 17.9. The first kappa shape index (κ1) is 15.9. The third-order valence-corrected chi connectivity index (χ3v) is 3.78. The second-order valence-electron chi connectivity index (χ2n) is 5.46. The van der Waals surface area contributed by atoms with Crippen LogP contribution >= 0.6 is 0 Å². The van der Waals surface area contributed by atoms with E-state index in [-0.39, 0.29) is 17.1 Å². The number of rotatable bonds is 5. The summed E-state index contributed by atoms with van der Waals surface area (Å²) >= 11 is 0. The minimum atomic E-state index is -0.215. The van der Waals surface area contributed by atoms with Crippen molar-refractivity contribution in [3.63, 3.8) is 0 Å². The Labute approximate surface area is 139 Å². The highest BCUT2D eigenvalue weighted by Crippen LogP contribution is 2.31. The van der Waals surface area contributed by atoms with Crippen molar-refractivity contribution in [2.75, 3.05) is 18.4 Å². The largest absolute Gasteiger partial charge is 0.505 e. The highest BCUT2D eigenvalue weighted by atomic mass is 16.3. The number of carbonyl (C=O) groups is 1. The number of aromatic nitrogens is 2. The van der Waals surface area contributed by atoms with Gasteiger partial charge in [0.15, 0.2) is 11.6 Å². The van der Waals surface area contributed by atoms with Crippen molar-refractivity contribution in [2.24, 2.45) is 10.7 Å². The Morgan fingerprint density at radius 1 is 1.38 bits per heavy atom. The van der Waals surface area contributed by atoms with Gasteiger partial charge < -0.3 is 16.2 Å². The number of allylic oxidation sites excluding steroid dienone is 3. The molecule has 7 heteroatoms. The van der Waals surface area contributed by atoms with Crippen LogP contribution in [0.25, 0.3) is 5.52 Å². The van der Waals surface area contributed by atoms with Crippen LogP contribution in [0.3, 0.4) is 0 Å². The molecule has 0 saturated heterocycles. The van der Waals surface area contributed by atoms with E-state index in [2.05, 4.69) is 15.4 Å². The fourth-order valence-electron chi connectivity index (χ4n) is 2.40. The van der Waals surface area contributed by atoms with Crippen molar-refractivity contribution >= 4 is 28.5 Å². The summed E-state index contributed by atoms with van der Waals surface area (Å²) in [6.45, 7) is 2.83. The van der Waals surface area contributed by atoms with E-state index in [1.165, 1.54) is 12.2 Å². The molecule has 2 aromatic rings. The van der Waals surface area contributed by atoms with Crippen molar-refractivity contribution in [2.45, 2.75) is 13.3 Å². The lowest BCUT2D eigenvalue weighted by molar-refractivity contribution is -0.111. The van der Waals surface area contributed by atoms with Crippen LogP contribution < -0.4 is 11.1 Å². The molecule has 0 radical (unpaired) electrons. The van der Waals surface area contributed by atoms with Crippen molar-refractivity contribution in [1.29, 1.82) is 0 Å². The zero-order valence-electron chi connectivity index (χ0n) is 13.4. The third-order valence-electron chi connectivity index (χ3n) is 3.78. The summed E-state index contributed by atoms with van der Waals surface area (Å²) in [7, 11) is 0. The zero-order valence-corrected chi connectivity index (χ0v) is 13.4. The summed E-state index contributed by atoms with van der Waals surface area (Å²) in [5.41, 5.74) is 7.57. The molecule has 0 unspecified atom stereocenters. The maximum atomic E-state index is 11.6. The van der Waals surface area contributed by atoms with Gasteiger partial charge in [0.1, 0.15) is 17.2 Å². The first-order chi connectivity index (χ1) is 11.6. The van der Waals surface area contributed by atoms with Crippen molar-refractivity contribution in [3.8, 4) is 0 Å². The number of hydrogen-bond acceptors (Lipinski definition) is 6. The normalized spacial score (nSPS) is 16.4. The number of anilines is 1. The molecule has 124 valence electrons. The Balaban J connectivity index is 2.07. The molecular formula is C17H19N5O2. The molecule has 0 aromatic carbocycles. The number of aliphatic hydroxyl groups is 1. The first-order valence-electron chi connectivity index (χ1n) is 7.74. The summed E-state index contributed by atoms with van der Waals surface area (Å²) in [4.78, 5) is 16.1. The topological polar surface area (TPSA) is 105 Å². The van der Waals surface area contributed by atoms with Crippen LogP contribution in [0.15, 0.2) is 52.9 Å². The van der Waals surface area contributed by atoms with Gasteiger partial charge in [-0.3, -0.25) is 4.79 Å². The Kier molecular flexibility index (Phi) is 4.43. The number of hydrogen-bond donors (Lipinski definition) is 3. The van der Waals surface area contributed by atoms with Gasteiger partial charge >= 0.3 is 0 Å². The van der Waals surface area contributed by atoms with Gasteiger partial charge in [-0.05, 0) is 44.2 Å². The molecular weight excluding hydrogens is 306 g/mol. The Morgan fingerprint density at radius 3 is 3.00 bits per heavy atom. The molecule has 0 fully saturated rings. The number of carbonyl (C=O) groups excluding carboxylic acids is 1. The van der Waals surface area contributed by atoms with E-state index < -0.39 is 0 Å². The average Bonchev–Trinajstić information content (AvgIpc) is 2.93. The van der Waals surface area contributed by atoms with Gasteiger partial charge in [0, 0.05) is 18.3 Å². The fraction of sp³-hybridized carbons (Fsp3) is 0.235. The highest BCUT2D eigenvalue weighted by Gasteiger charge is 2.19. The van der Waals surface area contributed by atoms with Crippen molar-refractivity contribution in [3.05, 3.63) is 47.9 Å². The molecule has 4 N–H and O–H groups in total. The smallest absolute Gasteiger partial charge is 0.185 e. The molecule has 2 aromatic heterocycles. The zero-order chi connectivity index (χ0) is 17.1. The molecule has 1 aliphatic carbocycles. The lowest BCUT2D eigenvalue weighted by Gasteiger charge is -2.09. The predicted molar refractivity (Wildman–Crippen MR) is 93.9 cm³/mol. The predicted octanol–water partition coefficient (Wildman–Crippen LogP) is 2.14. The minimum absolute atomic E-state index is 0.106. The number of pyridine rings is 1. The van der Waals surface area contributed by atoms with Crippen LogP contribution in [0.1, 0.15) is 13.3 Å². The average molecular weight is 325 g/mol. The molecule has 0 atom stereocenters. The number of fused-ring (bicyclic) bond motifs is 1. The molecule has 2 heterocycles. The molecule has 0 aliphatic heterocycles. The number of nitrogens with two attached hydrogens (primary N) is 1. The van der Waals surface area contributed by atoms with E-state index >= 15 is 0 Å². The third kappa shape index (κ3) is 2.93. The van der Waals surface area contributed by atoms with Crippen LogP contribution in [0.5, 0.6) is 0 Å². The first-order valence-corrected chi connectivity index (χ1v) is 7.74. The van der Waals surface area contributed by atoms with Crippen LogP contribution in [-0.4, -0.2) is 39.3 Å². The standard InChI is InChI=1S/C17H19N5O2/c1-11-14(23)7-6-12(16(11)24)20-15-13-5-2-3-10-22(13)21-17(15)19-9-4-8-18/h2-3,5-7,10,24H,4,8-9,18H2,1H3,(H,19,21). The van der Waals surface area contributed by atoms with E-state index in [1.54, 1.807) is 11.4 Å². The number of nitrogens with one attached hydrogen (secondary N) is 1. The molecule has 3 rings (SSSR count). The van der Waals surface area contributed by atoms with Crippen LogP contribution in [0, 0.1) is 0 Å². The van der Waals surface area contributed by atoms with E-state index in [4.69, 9.17) is 5.73 Å². The summed E-state index contributed by atoms with van der Waals surface area (Å²) in [5.74, 6) is 0.288. The van der Waals surface area contributed by atoms with Gasteiger partial charge in [-0.1, -0.05) is 6.07 Å². The maximum Gasteiger partial charge on any atom is 0.185 e. The maximum absolute atomic E-state index is 11.6. The summed E-state index contributed by atoms with van der Waals surface area (Å²) in [6, 6.07) is 5.67. The molecule has 0 bridgehead atoms. The molecule has 1 aliphatic rings. The van der Waals surface area contributed by atoms with Gasteiger partial charge in [-0.15, -0.1) is 5.10 Å². The SMILES string of the molecule is CC1=C(O)C(=Nc2c(NCCCN)nn3ccccc23)C=CC1=O. The minimum Gasteiger partial charge on any atom is -0.505 e. The lowest BCUT2D eigenvalue weighted by Crippen LogP contribution is -2.12. The molecule has 0 spiro atoms. The van der Waals surface area contributed by atoms with Crippen LogP contribution in [-0.2, 0) is 4.79 Å². The Hall–Kier alpha value is -2.93. The second kappa shape index (κ2) is 6.67. The van der Waals surface area contributed by atoms with E-state index in [1.807, 2.05) is 24.4 Å². The lowest BCUT2D eigenvalue weighted by atomic mass is 10.0. The van der Waals surface area contributed by atoms with E-state index in [9.17, 15) is 9.90 Å². The highest BCUT2D eigenvalue weighted by molar-refractivity contribution is 6.21. The number of aliphatic hydroxyl groups excluding tert-OH is 1. The van der Waals surface area contributed by atoms with Gasteiger partial charge in [0.25, 0.3) is 0 Å². The van der Waals surface area contributed by atoms with Crippen LogP contribution in [0.2, 0.25) is 0 Å². The molecule has 7 nitrogen and oxygen atoms in total. The summed E-state index contributed by atoms with van der Waals surface area (Å²) < 4.78 is 1.72. The van der Waals surface area contributed by atoms with Crippen molar-refractivity contribution in [1.82, 2.24) is 9.61 Å². The quantitative estimate of drug-likeness (QED) is 0.577. The number of ketones is 1. The number of nitrogens with zero attached hydrogens (tertiary/aromatic N) is 3. The van der Waals surface area contributed by atoms with Gasteiger partial charge in [-0.2, -0.15) is 0 Å².